The molecule has 0 saturated heterocycles. The quantitative estimate of drug-likeness (QED) is 0.760. The molecule has 0 bridgehead atoms. The van der Waals surface area contributed by atoms with Gasteiger partial charge < -0.3 is 0 Å². The highest BCUT2D eigenvalue weighted by molar-refractivity contribution is 5.95. The van der Waals surface area contributed by atoms with Gasteiger partial charge in [0.05, 0.1) is 6.20 Å². The molecule has 1 amide bonds. The van der Waals surface area contributed by atoms with Crippen molar-refractivity contribution >= 4 is 11.7 Å². The van der Waals surface area contributed by atoms with Gasteiger partial charge in [0.1, 0.15) is 5.82 Å². The van der Waals surface area contributed by atoms with Crippen LogP contribution in [0.2, 0.25) is 0 Å². The number of amides is 1. The number of fused-ring (bicyclic) bond motifs is 1. The Hall–Kier alpha value is -1.32. The molecule has 2 fully saturated rings. The number of rotatable bonds is 1. The summed E-state index contributed by atoms with van der Waals surface area (Å²) in [6.45, 7) is 1.81. The normalized spacial score (nSPS) is 25.4. The van der Waals surface area contributed by atoms with Crippen molar-refractivity contribution in [1.29, 1.82) is 0 Å². The van der Waals surface area contributed by atoms with Gasteiger partial charge in [0.15, 0.2) is 0 Å². The molecule has 1 aliphatic heterocycles. The molecule has 0 N–H and O–H groups in total. The summed E-state index contributed by atoms with van der Waals surface area (Å²) in [5.41, 5.74) is 0.580. The van der Waals surface area contributed by atoms with Gasteiger partial charge in [-0.15, -0.1) is 0 Å². The van der Waals surface area contributed by atoms with Crippen LogP contribution >= 0.6 is 0 Å². The van der Waals surface area contributed by atoms with Crippen molar-refractivity contribution in [3.63, 3.8) is 0 Å². The second kappa shape index (κ2) is 3.59. The van der Waals surface area contributed by atoms with Crippen LogP contribution in [0.5, 0.6) is 0 Å². The van der Waals surface area contributed by atoms with Crippen LogP contribution in [0.1, 0.15) is 38.5 Å². The molecule has 4 heteroatoms. The van der Waals surface area contributed by atoms with Gasteiger partial charge in [-0.3, -0.25) is 9.69 Å². The van der Waals surface area contributed by atoms with Crippen LogP contribution in [-0.4, -0.2) is 22.2 Å². The molecule has 2 saturated carbocycles. The van der Waals surface area contributed by atoms with Gasteiger partial charge in [0.2, 0.25) is 5.91 Å². The highest BCUT2D eigenvalue weighted by Gasteiger charge is 2.51. The summed E-state index contributed by atoms with van der Waals surface area (Å²) in [5, 5.41) is 4.27. The van der Waals surface area contributed by atoms with Crippen LogP contribution in [0.3, 0.4) is 0 Å². The maximum atomic E-state index is 12.6. The molecule has 0 aromatic carbocycles. The maximum Gasteiger partial charge on any atom is 0.231 e. The van der Waals surface area contributed by atoms with E-state index < -0.39 is 0 Å². The fraction of sp³-hybridized carbons (Fsp3) is 0.714. The van der Waals surface area contributed by atoms with Gasteiger partial charge in [0, 0.05) is 25.1 Å². The van der Waals surface area contributed by atoms with Crippen LogP contribution in [0, 0.1) is 11.3 Å². The third-order valence-corrected chi connectivity index (χ3v) is 5.11. The lowest BCUT2D eigenvalue weighted by Gasteiger charge is -2.54. The molecule has 0 unspecified atom stereocenters. The lowest BCUT2D eigenvalue weighted by molar-refractivity contribution is -0.134. The average Bonchev–Trinajstić information content (AvgIpc) is 2.72. The fourth-order valence-electron chi connectivity index (χ4n) is 3.91. The molecule has 18 heavy (non-hydrogen) atoms. The Balaban J connectivity index is 1.50. The zero-order valence-corrected chi connectivity index (χ0v) is 10.6. The SMILES string of the molecule is O=C(C1CC2(CCC2)C1)N1CCCn2nccc21. The van der Waals surface area contributed by atoms with Gasteiger partial charge >= 0.3 is 0 Å². The minimum Gasteiger partial charge on any atom is -0.297 e. The number of carbonyl (C=O) groups is 1. The Morgan fingerprint density at radius 3 is 2.83 bits per heavy atom. The lowest BCUT2D eigenvalue weighted by Crippen LogP contribution is -2.51. The number of hydrogen-bond donors (Lipinski definition) is 0. The smallest absolute Gasteiger partial charge is 0.231 e. The van der Waals surface area contributed by atoms with E-state index in [1.54, 1.807) is 6.20 Å². The van der Waals surface area contributed by atoms with Gasteiger partial charge in [-0.25, -0.2) is 4.68 Å². The van der Waals surface area contributed by atoms with E-state index in [1.165, 1.54) is 19.3 Å². The Labute approximate surface area is 107 Å². The maximum absolute atomic E-state index is 12.6. The highest BCUT2D eigenvalue weighted by atomic mass is 16.2. The van der Waals surface area contributed by atoms with Crippen LogP contribution in [0.4, 0.5) is 5.82 Å². The number of aryl methyl sites for hydroxylation is 1. The van der Waals surface area contributed by atoms with Crippen molar-refractivity contribution in [1.82, 2.24) is 9.78 Å². The van der Waals surface area contributed by atoms with Crippen LogP contribution in [0.25, 0.3) is 0 Å². The number of anilines is 1. The molecule has 3 aliphatic rings. The number of carbonyl (C=O) groups excluding carboxylic acids is 1. The molecule has 1 aromatic rings. The molecule has 1 spiro atoms. The van der Waals surface area contributed by atoms with Crippen molar-refractivity contribution in [3.8, 4) is 0 Å². The van der Waals surface area contributed by atoms with E-state index >= 15 is 0 Å². The topological polar surface area (TPSA) is 38.1 Å². The van der Waals surface area contributed by atoms with Gasteiger partial charge in [-0.1, -0.05) is 6.42 Å². The molecule has 2 aliphatic carbocycles. The molecular formula is C14H19N3O. The molecule has 0 radical (unpaired) electrons. The fourth-order valence-corrected chi connectivity index (χ4v) is 3.91. The summed E-state index contributed by atoms with van der Waals surface area (Å²) in [7, 11) is 0. The summed E-state index contributed by atoms with van der Waals surface area (Å²) < 4.78 is 1.96. The minimum atomic E-state index is 0.284. The van der Waals surface area contributed by atoms with Gasteiger partial charge in [-0.05, 0) is 37.5 Å². The Morgan fingerprint density at radius 2 is 2.11 bits per heavy atom. The molecule has 1 aromatic heterocycles. The predicted octanol–water partition coefficient (Wildman–Crippen LogP) is 2.20. The predicted molar refractivity (Wildman–Crippen MR) is 68.2 cm³/mol. The second-order valence-electron chi connectivity index (χ2n) is 6.21. The van der Waals surface area contributed by atoms with E-state index in [0.29, 0.717) is 11.3 Å². The lowest BCUT2D eigenvalue weighted by atomic mass is 9.51. The summed E-state index contributed by atoms with van der Waals surface area (Å²) >= 11 is 0. The van der Waals surface area contributed by atoms with Crippen molar-refractivity contribution in [2.45, 2.75) is 45.1 Å². The van der Waals surface area contributed by atoms with Gasteiger partial charge in [0.25, 0.3) is 0 Å². The highest BCUT2D eigenvalue weighted by Crippen LogP contribution is 2.59. The first-order valence-electron chi connectivity index (χ1n) is 7.11. The number of nitrogens with zero attached hydrogens (tertiary/aromatic N) is 3. The Bertz CT molecular complexity index is 481. The van der Waals surface area contributed by atoms with Crippen molar-refractivity contribution in [3.05, 3.63) is 12.3 Å². The summed E-state index contributed by atoms with van der Waals surface area (Å²) in [5.74, 6) is 1.63. The first-order valence-corrected chi connectivity index (χ1v) is 7.11. The van der Waals surface area contributed by atoms with E-state index in [-0.39, 0.29) is 5.92 Å². The van der Waals surface area contributed by atoms with E-state index in [4.69, 9.17) is 0 Å². The molecule has 2 heterocycles. The minimum absolute atomic E-state index is 0.284. The first-order chi connectivity index (χ1) is 8.77. The number of aromatic nitrogens is 2. The van der Waals surface area contributed by atoms with Gasteiger partial charge in [-0.2, -0.15) is 5.10 Å². The standard InChI is InChI=1S/C14H19N3O/c18-13(11-9-14(10-11)4-1-5-14)16-7-2-8-17-12(16)3-6-15-17/h3,6,11H,1-2,4-5,7-10H2. The second-order valence-corrected chi connectivity index (χ2v) is 6.21. The van der Waals surface area contributed by atoms with E-state index in [2.05, 4.69) is 5.10 Å². The third-order valence-electron chi connectivity index (χ3n) is 5.11. The molecule has 0 atom stereocenters. The van der Waals surface area contributed by atoms with E-state index in [9.17, 15) is 4.79 Å². The summed E-state index contributed by atoms with van der Waals surface area (Å²) in [4.78, 5) is 14.5. The van der Waals surface area contributed by atoms with Crippen LogP contribution < -0.4 is 4.90 Å². The molecule has 4 rings (SSSR count). The zero-order valence-electron chi connectivity index (χ0n) is 10.6. The largest absolute Gasteiger partial charge is 0.297 e. The third kappa shape index (κ3) is 1.38. The van der Waals surface area contributed by atoms with Crippen LogP contribution in [0.15, 0.2) is 12.3 Å². The Morgan fingerprint density at radius 1 is 1.28 bits per heavy atom. The summed E-state index contributed by atoms with van der Waals surface area (Å²) in [6.07, 6.45) is 9.18. The van der Waals surface area contributed by atoms with Crippen molar-refractivity contribution in [2.24, 2.45) is 11.3 Å². The summed E-state index contributed by atoms with van der Waals surface area (Å²) in [6, 6.07) is 1.97. The Kier molecular flexibility index (Phi) is 2.11. The van der Waals surface area contributed by atoms with Crippen molar-refractivity contribution < 1.29 is 4.79 Å². The zero-order chi connectivity index (χ0) is 12.2. The van der Waals surface area contributed by atoms with Crippen LogP contribution in [-0.2, 0) is 11.3 Å². The number of hydrogen-bond acceptors (Lipinski definition) is 2. The van der Waals surface area contributed by atoms with E-state index in [1.807, 2.05) is 15.6 Å². The molecular weight excluding hydrogens is 226 g/mol. The van der Waals surface area contributed by atoms with E-state index in [0.717, 1.165) is 38.2 Å². The molecule has 4 nitrogen and oxygen atoms in total. The first kappa shape index (κ1) is 10.6. The molecule has 96 valence electrons. The average molecular weight is 245 g/mol. The van der Waals surface area contributed by atoms with Crippen molar-refractivity contribution in [2.75, 3.05) is 11.4 Å². The monoisotopic (exact) mass is 245 g/mol.